The number of nitrogens with one attached hydrogen (secondary N) is 1. The van der Waals surface area contributed by atoms with Crippen molar-refractivity contribution in [2.24, 2.45) is 5.73 Å². The summed E-state index contributed by atoms with van der Waals surface area (Å²) in [7, 11) is -3.92. The van der Waals surface area contributed by atoms with Crippen LogP contribution in [0.1, 0.15) is 36.8 Å². The van der Waals surface area contributed by atoms with Gasteiger partial charge in [-0.3, -0.25) is 14.9 Å². The number of piperidine rings is 1. The highest BCUT2D eigenvalue weighted by molar-refractivity contribution is 7.89. The first-order valence-electron chi connectivity index (χ1n) is 8.92. The van der Waals surface area contributed by atoms with Crippen LogP contribution in [0.2, 0.25) is 0 Å². The van der Waals surface area contributed by atoms with E-state index in [1.54, 1.807) is 13.8 Å². The Balaban J connectivity index is 2.34. The van der Waals surface area contributed by atoms with Gasteiger partial charge in [0.05, 0.1) is 9.82 Å². The molecule has 1 aromatic carbocycles. The van der Waals surface area contributed by atoms with Gasteiger partial charge in [0, 0.05) is 43.7 Å². The number of carbonyl (C=O) groups excluding carboxylic acids is 1. The summed E-state index contributed by atoms with van der Waals surface area (Å²) in [5.41, 5.74) is 6.02. The largest absolute Gasteiger partial charge is 0.354 e. The van der Waals surface area contributed by atoms with E-state index in [1.807, 2.05) is 0 Å². The van der Waals surface area contributed by atoms with E-state index in [0.717, 1.165) is 12.5 Å². The number of amides is 1. The van der Waals surface area contributed by atoms with E-state index in [-0.39, 0.29) is 42.0 Å². The van der Waals surface area contributed by atoms with Crippen LogP contribution in [0.5, 0.6) is 0 Å². The molecule has 1 atom stereocenters. The third-order valence-electron chi connectivity index (χ3n) is 4.76. The van der Waals surface area contributed by atoms with E-state index >= 15 is 0 Å². The number of rotatable bonds is 7. The van der Waals surface area contributed by atoms with Gasteiger partial charge in [-0.1, -0.05) is 6.42 Å². The summed E-state index contributed by atoms with van der Waals surface area (Å²) >= 11 is 0. The molecule has 0 aliphatic carbocycles. The lowest BCUT2D eigenvalue weighted by atomic mass is 10.1. The molecule has 1 amide bonds. The quantitative estimate of drug-likeness (QED) is 0.523. The molecule has 1 saturated heterocycles. The van der Waals surface area contributed by atoms with Crippen LogP contribution >= 0.6 is 0 Å². The number of aryl methyl sites for hydroxylation is 2. The third-order valence-corrected chi connectivity index (χ3v) is 6.85. The van der Waals surface area contributed by atoms with Crippen LogP contribution in [0.4, 0.5) is 5.69 Å². The minimum absolute atomic E-state index is 0.0556. The molecule has 1 fully saturated rings. The van der Waals surface area contributed by atoms with E-state index in [2.05, 4.69) is 5.32 Å². The van der Waals surface area contributed by atoms with Crippen molar-refractivity contribution in [3.63, 3.8) is 0 Å². The van der Waals surface area contributed by atoms with Crippen LogP contribution in [-0.4, -0.2) is 49.2 Å². The van der Waals surface area contributed by atoms with Crippen molar-refractivity contribution in [3.05, 3.63) is 33.4 Å². The van der Waals surface area contributed by atoms with Gasteiger partial charge in [0.1, 0.15) is 0 Å². The van der Waals surface area contributed by atoms with Crippen LogP contribution in [0, 0.1) is 24.0 Å². The van der Waals surface area contributed by atoms with Gasteiger partial charge in [-0.2, -0.15) is 4.31 Å². The average molecular weight is 398 g/mol. The Labute approximate surface area is 159 Å². The van der Waals surface area contributed by atoms with Crippen LogP contribution in [0.15, 0.2) is 17.0 Å². The molecule has 1 heterocycles. The van der Waals surface area contributed by atoms with Crippen molar-refractivity contribution in [1.29, 1.82) is 0 Å². The molecular formula is C17H26N4O5S. The lowest BCUT2D eigenvalue weighted by molar-refractivity contribution is -0.385. The predicted molar refractivity (Wildman–Crippen MR) is 101 cm³/mol. The number of hydrogen-bond acceptors (Lipinski definition) is 6. The first-order valence-corrected chi connectivity index (χ1v) is 10.4. The van der Waals surface area contributed by atoms with Crippen molar-refractivity contribution >= 4 is 21.6 Å². The van der Waals surface area contributed by atoms with Gasteiger partial charge < -0.3 is 11.1 Å². The zero-order valence-corrected chi connectivity index (χ0v) is 16.4. The standard InChI is InChI=1S/C17H26N4O5S/c1-12-9-13(2)16(10-15(12)21(23)24)27(25,26)20-8-4-3-5-14(20)11-19-17(22)6-7-18/h9-10,14H,3-8,11,18H2,1-2H3,(H,19,22). The summed E-state index contributed by atoms with van der Waals surface area (Å²) in [4.78, 5) is 22.3. The summed E-state index contributed by atoms with van der Waals surface area (Å²) in [6.07, 6.45) is 2.37. The molecule has 1 aliphatic heterocycles. The summed E-state index contributed by atoms with van der Waals surface area (Å²) in [6.45, 7) is 3.96. The van der Waals surface area contributed by atoms with Crippen LogP contribution in [0.25, 0.3) is 0 Å². The second-order valence-corrected chi connectivity index (χ2v) is 8.63. The van der Waals surface area contributed by atoms with E-state index in [4.69, 9.17) is 5.73 Å². The Morgan fingerprint density at radius 1 is 1.33 bits per heavy atom. The van der Waals surface area contributed by atoms with E-state index < -0.39 is 14.9 Å². The fourth-order valence-corrected chi connectivity index (χ4v) is 5.29. The fraction of sp³-hybridized carbons (Fsp3) is 0.588. The van der Waals surface area contributed by atoms with Gasteiger partial charge in [0.2, 0.25) is 15.9 Å². The normalized spacial score (nSPS) is 18.3. The van der Waals surface area contributed by atoms with Crippen molar-refractivity contribution in [2.45, 2.75) is 50.5 Å². The monoisotopic (exact) mass is 398 g/mol. The van der Waals surface area contributed by atoms with Crippen LogP contribution < -0.4 is 11.1 Å². The molecule has 1 aromatic rings. The maximum Gasteiger partial charge on any atom is 0.273 e. The van der Waals surface area contributed by atoms with Crippen molar-refractivity contribution < 1.29 is 18.1 Å². The molecule has 0 radical (unpaired) electrons. The van der Waals surface area contributed by atoms with E-state index in [9.17, 15) is 23.3 Å². The molecule has 27 heavy (non-hydrogen) atoms. The molecule has 0 aromatic heterocycles. The first-order chi connectivity index (χ1) is 12.7. The molecule has 0 saturated carbocycles. The number of nitrogens with zero attached hydrogens (tertiary/aromatic N) is 2. The molecule has 150 valence electrons. The molecule has 1 unspecified atom stereocenters. The Bertz CT molecular complexity index is 825. The smallest absolute Gasteiger partial charge is 0.273 e. The summed E-state index contributed by atoms with van der Waals surface area (Å²) in [6, 6.07) is 2.27. The summed E-state index contributed by atoms with van der Waals surface area (Å²) in [5.74, 6) is -0.220. The first kappa shape index (κ1) is 21.3. The third kappa shape index (κ3) is 4.82. The van der Waals surface area contributed by atoms with Gasteiger partial charge in [-0.05, 0) is 38.3 Å². The Kier molecular flexibility index (Phi) is 6.90. The highest BCUT2D eigenvalue weighted by atomic mass is 32.2. The number of nitrogens with two attached hydrogens (primary N) is 1. The van der Waals surface area contributed by atoms with Crippen molar-refractivity contribution in [2.75, 3.05) is 19.6 Å². The molecule has 0 spiro atoms. The van der Waals surface area contributed by atoms with Gasteiger partial charge in [0.25, 0.3) is 5.69 Å². The second-order valence-electron chi connectivity index (χ2n) is 6.77. The molecular weight excluding hydrogens is 372 g/mol. The van der Waals surface area contributed by atoms with Gasteiger partial charge in [-0.15, -0.1) is 0 Å². The minimum atomic E-state index is -3.92. The summed E-state index contributed by atoms with van der Waals surface area (Å²) in [5, 5.41) is 14.0. The summed E-state index contributed by atoms with van der Waals surface area (Å²) < 4.78 is 27.9. The van der Waals surface area contributed by atoms with Gasteiger partial charge in [0.15, 0.2) is 0 Å². The molecule has 9 nitrogen and oxygen atoms in total. The lowest BCUT2D eigenvalue weighted by Gasteiger charge is -2.35. The number of benzene rings is 1. The van der Waals surface area contributed by atoms with Crippen LogP contribution in [-0.2, 0) is 14.8 Å². The number of carbonyl (C=O) groups is 1. The lowest BCUT2D eigenvalue weighted by Crippen LogP contribution is -2.49. The van der Waals surface area contributed by atoms with Gasteiger partial charge >= 0.3 is 0 Å². The zero-order chi connectivity index (χ0) is 20.2. The highest BCUT2D eigenvalue weighted by Crippen LogP contribution is 2.31. The number of nitro groups is 1. The molecule has 3 N–H and O–H groups in total. The molecule has 2 rings (SSSR count). The number of sulfonamides is 1. The van der Waals surface area contributed by atoms with E-state index in [1.165, 1.54) is 10.4 Å². The Morgan fingerprint density at radius 3 is 2.67 bits per heavy atom. The maximum absolute atomic E-state index is 13.2. The van der Waals surface area contributed by atoms with Crippen LogP contribution in [0.3, 0.4) is 0 Å². The highest BCUT2D eigenvalue weighted by Gasteiger charge is 2.35. The van der Waals surface area contributed by atoms with Gasteiger partial charge in [-0.25, -0.2) is 8.42 Å². The predicted octanol–water partition coefficient (Wildman–Crippen LogP) is 1.22. The molecule has 1 aliphatic rings. The number of nitro benzene ring substituents is 1. The topological polar surface area (TPSA) is 136 Å². The SMILES string of the molecule is Cc1cc(C)c(S(=O)(=O)N2CCCCC2CNC(=O)CCN)cc1[N+](=O)[O-]. The minimum Gasteiger partial charge on any atom is -0.354 e. The Morgan fingerprint density at radius 2 is 2.04 bits per heavy atom. The fourth-order valence-electron chi connectivity index (χ4n) is 3.37. The molecule has 0 bridgehead atoms. The second kappa shape index (κ2) is 8.77. The van der Waals surface area contributed by atoms with E-state index in [0.29, 0.717) is 30.5 Å². The van der Waals surface area contributed by atoms with Crippen molar-refractivity contribution in [1.82, 2.24) is 9.62 Å². The van der Waals surface area contributed by atoms with Crippen molar-refractivity contribution in [3.8, 4) is 0 Å². The molecule has 10 heteroatoms. The Hall–Kier alpha value is -2.04. The average Bonchev–Trinajstić information content (AvgIpc) is 2.60. The zero-order valence-electron chi connectivity index (χ0n) is 15.6. The number of hydrogen-bond donors (Lipinski definition) is 2. The maximum atomic E-state index is 13.2.